The highest BCUT2D eigenvalue weighted by Gasteiger charge is 2.37. The number of amides is 1. The molecular weight excluding hydrogens is 383 g/mol. The molecule has 7 heteroatoms. The number of ketones is 1. The SMILES string of the molecule is O=C(NCC1c2ccccc2-c2ccccc21)OCCCCCC(=O)C(F)(F)F. The Kier molecular flexibility index (Phi) is 6.56. The van der Waals surface area contributed by atoms with Crippen LogP contribution in [0.2, 0.25) is 0 Å². The highest BCUT2D eigenvalue weighted by molar-refractivity contribution is 5.83. The molecule has 1 aliphatic rings. The maximum Gasteiger partial charge on any atom is 0.449 e. The summed E-state index contributed by atoms with van der Waals surface area (Å²) in [6.07, 6.45) is -4.94. The minimum absolute atomic E-state index is 0.0448. The van der Waals surface area contributed by atoms with E-state index in [0.717, 1.165) is 22.3 Å². The normalized spacial score (nSPS) is 12.9. The minimum atomic E-state index is -4.77. The van der Waals surface area contributed by atoms with Gasteiger partial charge in [-0.25, -0.2) is 4.79 Å². The second-order valence-corrected chi connectivity index (χ2v) is 6.98. The topological polar surface area (TPSA) is 55.4 Å². The van der Waals surface area contributed by atoms with Crippen LogP contribution in [0.4, 0.5) is 18.0 Å². The molecule has 154 valence electrons. The van der Waals surface area contributed by atoms with Gasteiger partial charge < -0.3 is 10.1 Å². The van der Waals surface area contributed by atoms with Crippen molar-refractivity contribution in [1.29, 1.82) is 0 Å². The molecule has 0 bridgehead atoms. The lowest BCUT2D eigenvalue weighted by Gasteiger charge is -2.14. The second kappa shape index (κ2) is 9.11. The Bertz CT molecular complexity index is 834. The first-order valence-electron chi connectivity index (χ1n) is 9.57. The molecule has 1 N–H and O–H groups in total. The van der Waals surface area contributed by atoms with Crippen LogP contribution in [0.5, 0.6) is 0 Å². The first-order chi connectivity index (χ1) is 13.9. The fourth-order valence-corrected chi connectivity index (χ4v) is 3.59. The zero-order valence-corrected chi connectivity index (χ0v) is 15.8. The minimum Gasteiger partial charge on any atom is -0.450 e. The summed E-state index contributed by atoms with van der Waals surface area (Å²) >= 11 is 0. The number of Topliss-reactive ketones (excluding diaryl/α,β-unsaturated/α-hetero) is 1. The van der Waals surface area contributed by atoms with Gasteiger partial charge >= 0.3 is 12.3 Å². The third kappa shape index (κ3) is 5.16. The van der Waals surface area contributed by atoms with Gasteiger partial charge in [0.2, 0.25) is 5.78 Å². The first kappa shape index (κ1) is 20.9. The van der Waals surface area contributed by atoms with Gasteiger partial charge in [0.15, 0.2) is 0 Å². The van der Waals surface area contributed by atoms with Crippen LogP contribution in [0.25, 0.3) is 11.1 Å². The van der Waals surface area contributed by atoms with Crippen LogP contribution in [0.1, 0.15) is 42.7 Å². The lowest BCUT2D eigenvalue weighted by molar-refractivity contribution is -0.171. The zero-order chi connectivity index (χ0) is 20.9. The van der Waals surface area contributed by atoms with Gasteiger partial charge in [-0.15, -0.1) is 0 Å². The number of carbonyl (C=O) groups excluding carboxylic acids is 2. The van der Waals surface area contributed by atoms with Crippen LogP contribution in [0, 0.1) is 0 Å². The lowest BCUT2D eigenvalue weighted by atomic mass is 9.97. The molecule has 0 unspecified atom stereocenters. The van der Waals surface area contributed by atoms with Crippen molar-refractivity contribution in [3.8, 4) is 11.1 Å². The Morgan fingerprint density at radius 1 is 0.897 bits per heavy atom. The number of ether oxygens (including phenoxy) is 1. The molecule has 0 saturated heterocycles. The molecule has 0 radical (unpaired) electrons. The van der Waals surface area contributed by atoms with E-state index >= 15 is 0 Å². The molecule has 3 rings (SSSR count). The molecule has 0 fully saturated rings. The molecule has 0 aromatic heterocycles. The summed E-state index contributed by atoms with van der Waals surface area (Å²) in [6, 6.07) is 16.2. The smallest absolute Gasteiger partial charge is 0.449 e. The van der Waals surface area contributed by atoms with Crippen LogP contribution >= 0.6 is 0 Å². The Morgan fingerprint density at radius 3 is 2.07 bits per heavy atom. The average molecular weight is 405 g/mol. The summed E-state index contributed by atoms with van der Waals surface area (Å²) in [5, 5.41) is 2.77. The van der Waals surface area contributed by atoms with E-state index < -0.39 is 24.5 Å². The first-order valence-corrected chi connectivity index (χ1v) is 9.57. The van der Waals surface area contributed by atoms with Crippen molar-refractivity contribution in [3.63, 3.8) is 0 Å². The van der Waals surface area contributed by atoms with E-state index in [1.807, 2.05) is 24.3 Å². The third-order valence-corrected chi connectivity index (χ3v) is 5.01. The Labute approximate surface area is 167 Å². The maximum atomic E-state index is 12.1. The molecule has 1 amide bonds. The zero-order valence-electron chi connectivity index (χ0n) is 15.8. The van der Waals surface area contributed by atoms with Crippen molar-refractivity contribution in [3.05, 3.63) is 59.7 Å². The Balaban J connectivity index is 1.41. The van der Waals surface area contributed by atoms with E-state index in [4.69, 9.17) is 4.74 Å². The van der Waals surface area contributed by atoms with E-state index in [-0.39, 0.29) is 18.9 Å². The fraction of sp³-hybridized carbons (Fsp3) is 0.364. The fourth-order valence-electron chi connectivity index (χ4n) is 3.59. The van der Waals surface area contributed by atoms with E-state index in [2.05, 4.69) is 29.6 Å². The van der Waals surface area contributed by atoms with Crippen LogP contribution in [0.15, 0.2) is 48.5 Å². The number of benzene rings is 2. The number of alkyl halides is 3. The summed E-state index contributed by atoms with van der Waals surface area (Å²) in [5.74, 6) is -1.67. The molecule has 0 saturated carbocycles. The van der Waals surface area contributed by atoms with Crippen LogP contribution < -0.4 is 5.32 Å². The molecular formula is C22H22F3NO3. The van der Waals surface area contributed by atoms with Crippen LogP contribution in [0.3, 0.4) is 0 Å². The third-order valence-electron chi connectivity index (χ3n) is 5.01. The highest BCUT2D eigenvalue weighted by atomic mass is 19.4. The molecule has 0 aliphatic heterocycles. The largest absolute Gasteiger partial charge is 0.450 e. The van der Waals surface area contributed by atoms with E-state index in [1.165, 1.54) is 0 Å². The molecule has 2 aromatic rings. The van der Waals surface area contributed by atoms with Crippen LogP contribution in [-0.4, -0.2) is 31.2 Å². The summed E-state index contributed by atoms with van der Waals surface area (Å²) < 4.78 is 41.4. The molecule has 2 aromatic carbocycles. The van der Waals surface area contributed by atoms with Crippen molar-refractivity contribution in [2.45, 2.75) is 37.8 Å². The summed E-state index contributed by atoms with van der Waals surface area (Å²) in [4.78, 5) is 22.7. The number of fused-ring (bicyclic) bond motifs is 3. The van der Waals surface area contributed by atoms with Crippen molar-refractivity contribution < 1.29 is 27.5 Å². The molecule has 0 atom stereocenters. The van der Waals surface area contributed by atoms with Gasteiger partial charge in [-0.3, -0.25) is 4.79 Å². The van der Waals surface area contributed by atoms with Gasteiger partial charge in [0, 0.05) is 18.9 Å². The predicted molar refractivity (Wildman–Crippen MR) is 103 cm³/mol. The van der Waals surface area contributed by atoms with E-state index in [0.29, 0.717) is 19.4 Å². The number of unbranched alkanes of at least 4 members (excludes halogenated alkanes) is 2. The van der Waals surface area contributed by atoms with E-state index in [1.54, 1.807) is 0 Å². The predicted octanol–water partition coefficient (Wildman–Crippen LogP) is 5.22. The van der Waals surface area contributed by atoms with Crippen molar-refractivity contribution in [2.24, 2.45) is 0 Å². The second-order valence-electron chi connectivity index (χ2n) is 6.98. The number of carbonyl (C=O) groups is 2. The number of rotatable bonds is 8. The summed E-state index contributed by atoms with van der Waals surface area (Å²) in [5.41, 5.74) is 4.64. The van der Waals surface area contributed by atoms with Gasteiger partial charge in [-0.1, -0.05) is 48.5 Å². The number of nitrogens with one attached hydrogen (secondary N) is 1. The number of hydrogen-bond acceptors (Lipinski definition) is 3. The van der Waals surface area contributed by atoms with Gasteiger partial charge in [0.1, 0.15) is 0 Å². The molecule has 29 heavy (non-hydrogen) atoms. The molecule has 0 heterocycles. The maximum absolute atomic E-state index is 12.1. The molecule has 4 nitrogen and oxygen atoms in total. The molecule has 1 aliphatic carbocycles. The number of hydrogen-bond donors (Lipinski definition) is 1. The quantitative estimate of drug-likeness (QED) is 0.613. The highest BCUT2D eigenvalue weighted by Crippen LogP contribution is 2.44. The lowest BCUT2D eigenvalue weighted by Crippen LogP contribution is -2.29. The monoisotopic (exact) mass is 405 g/mol. The summed E-state index contributed by atoms with van der Waals surface area (Å²) in [6.45, 7) is 0.497. The number of alkyl carbamates (subject to hydrolysis) is 1. The Morgan fingerprint density at radius 2 is 1.48 bits per heavy atom. The van der Waals surface area contributed by atoms with Gasteiger partial charge in [0.05, 0.1) is 6.61 Å². The van der Waals surface area contributed by atoms with Gasteiger partial charge in [-0.05, 0) is 41.5 Å². The van der Waals surface area contributed by atoms with Crippen molar-refractivity contribution >= 4 is 11.9 Å². The van der Waals surface area contributed by atoms with Crippen molar-refractivity contribution in [1.82, 2.24) is 5.32 Å². The van der Waals surface area contributed by atoms with Crippen molar-refractivity contribution in [2.75, 3.05) is 13.2 Å². The van der Waals surface area contributed by atoms with E-state index in [9.17, 15) is 22.8 Å². The Hall–Kier alpha value is -2.83. The van der Waals surface area contributed by atoms with Gasteiger partial charge in [0.25, 0.3) is 0 Å². The van der Waals surface area contributed by atoms with Gasteiger partial charge in [-0.2, -0.15) is 13.2 Å². The molecule has 0 spiro atoms. The number of halogens is 3. The van der Waals surface area contributed by atoms with Crippen LogP contribution in [-0.2, 0) is 9.53 Å². The summed E-state index contributed by atoms with van der Waals surface area (Å²) in [7, 11) is 0. The standard InChI is InChI=1S/C22H22F3NO3/c23-22(24,25)20(27)12-2-1-7-13-29-21(28)26-14-19-17-10-5-3-8-15(17)16-9-4-6-11-18(16)19/h3-6,8-11,19H,1-2,7,12-14H2,(H,26,28). The average Bonchev–Trinajstić information content (AvgIpc) is 3.02.